The van der Waals surface area contributed by atoms with Gasteiger partial charge in [-0.2, -0.15) is 0 Å². The first kappa shape index (κ1) is 25.7. The van der Waals surface area contributed by atoms with Gasteiger partial charge in [-0.1, -0.05) is 26.0 Å². The van der Waals surface area contributed by atoms with Gasteiger partial charge in [-0.25, -0.2) is 9.59 Å². The summed E-state index contributed by atoms with van der Waals surface area (Å²) in [6.07, 6.45) is 1.51. The second kappa shape index (κ2) is 7.13. The van der Waals surface area contributed by atoms with Crippen molar-refractivity contribution in [2.75, 3.05) is 7.11 Å². The highest BCUT2D eigenvalue weighted by Gasteiger charge is 2.84. The van der Waals surface area contributed by atoms with Gasteiger partial charge >= 0.3 is 17.9 Å². The van der Waals surface area contributed by atoms with E-state index in [1.54, 1.807) is 13.8 Å². The lowest BCUT2D eigenvalue weighted by Gasteiger charge is -2.63. The molecule has 7 aliphatic carbocycles. The van der Waals surface area contributed by atoms with Crippen molar-refractivity contribution in [2.24, 2.45) is 46.3 Å². The van der Waals surface area contributed by atoms with Crippen LogP contribution in [0.2, 0.25) is 0 Å². The molecule has 0 aromatic rings. The van der Waals surface area contributed by atoms with E-state index in [1.165, 1.54) is 14.0 Å². The van der Waals surface area contributed by atoms with Crippen LogP contribution in [-0.4, -0.2) is 53.2 Å². The highest BCUT2D eigenvalue weighted by atomic mass is 16.6. The van der Waals surface area contributed by atoms with Crippen LogP contribution in [0, 0.1) is 46.3 Å². The maximum Gasteiger partial charge on any atom is 0.335 e. The molecule has 41 heavy (non-hydrogen) atoms. The van der Waals surface area contributed by atoms with Crippen molar-refractivity contribution in [3.8, 4) is 0 Å². The molecule has 0 bridgehead atoms. The Balaban J connectivity index is 1.53. The quantitative estimate of drug-likeness (QED) is 0.236. The summed E-state index contributed by atoms with van der Waals surface area (Å²) in [4.78, 5) is 53.7. The number of hydrogen-bond donors (Lipinski definition) is 1. The summed E-state index contributed by atoms with van der Waals surface area (Å²) in [5, 5.41) is 12.8. The second-order valence-corrected chi connectivity index (χ2v) is 14.4. The highest BCUT2D eigenvalue weighted by molar-refractivity contribution is 6.10. The summed E-state index contributed by atoms with van der Waals surface area (Å²) in [6, 6.07) is 0. The minimum absolute atomic E-state index is 0.00101. The molecule has 0 aromatic heterocycles. The predicted molar refractivity (Wildman–Crippen MR) is 144 cm³/mol. The van der Waals surface area contributed by atoms with Gasteiger partial charge < -0.3 is 19.3 Å². The number of aliphatic hydroxyl groups is 1. The first-order valence-electron chi connectivity index (χ1n) is 14.8. The van der Waals surface area contributed by atoms with Crippen molar-refractivity contribution in [3.63, 3.8) is 0 Å². The Morgan fingerprint density at radius 3 is 2.46 bits per heavy atom. The van der Waals surface area contributed by atoms with Crippen LogP contribution in [0.15, 0.2) is 45.6 Å². The number of hydrogen-bond acceptors (Lipinski definition) is 8. The van der Waals surface area contributed by atoms with E-state index in [9.17, 15) is 24.3 Å². The van der Waals surface area contributed by atoms with Crippen LogP contribution in [0.3, 0.4) is 0 Å². The zero-order valence-electron chi connectivity index (χ0n) is 24.4. The summed E-state index contributed by atoms with van der Waals surface area (Å²) in [6.45, 7) is 13.3. The van der Waals surface area contributed by atoms with Crippen molar-refractivity contribution >= 4 is 23.7 Å². The Labute approximate surface area is 238 Å². The minimum atomic E-state index is -1.45. The van der Waals surface area contributed by atoms with Gasteiger partial charge in [-0.3, -0.25) is 9.59 Å². The molecule has 1 heterocycles. The molecular formula is C33H36O8. The normalized spacial score (nSPS) is 50.7. The topological polar surface area (TPSA) is 116 Å². The molecular weight excluding hydrogens is 524 g/mol. The molecule has 8 rings (SSSR count). The fraction of sp³-hybridized carbons (Fsp3) is 0.636. The third-order valence-corrected chi connectivity index (χ3v) is 12.9. The number of ether oxygens (including phenoxy) is 3. The molecule has 0 aromatic carbocycles. The third-order valence-electron chi connectivity index (χ3n) is 12.9. The van der Waals surface area contributed by atoms with Gasteiger partial charge in [0.1, 0.15) is 6.10 Å². The lowest BCUT2D eigenvalue weighted by atomic mass is 9.43. The summed E-state index contributed by atoms with van der Waals surface area (Å²) in [5.74, 6) is -1.90. The number of fused-ring (bicyclic) bond motifs is 7. The van der Waals surface area contributed by atoms with Crippen LogP contribution < -0.4 is 0 Å². The molecule has 0 amide bonds. The lowest BCUT2D eigenvalue weighted by Crippen LogP contribution is -2.67. The molecule has 8 aliphatic rings. The maximum atomic E-state index is 14.2. The van der Waals surface area contributed by atoms with Crippen molar-refractivity contribution in [1.82, 2.24) is 0 Å². The Hall–Kier alpha value is -3.00. The minimum Gasteiger partial charge on any atom is -0.466 e. The van der Waals surface area contributed by atoms with Crippen LogP contribution >= 0.6 is 0 Å². The van der Waals surface area contributed by atoms with Crippen LogP contribution in [0.1, 0.15) is 60.3 Å². The fourth-order valence-electron chi connectivity index (χ4n) is 11.4. The first-order chi connectivity index (χ1) is 19.2. The van der Waals surface area contributed by atoms with E-state index < -0.39 is 52.0 Å². The van der Waals surface area contributed by atoms with Gasteiger partial charge in [0.15, 0.2) is 11.4 Å². The summed E-state index contributed by atoms with van der Waals surface area (Å²) in [7, 11) is 1.27. The number of ketones is 1. The number of rotatable bonds is 2. The SMILES string of the molecule is C=C1[C@H]2C[C@H]2[C@@]2(C)[C@H]1[C@@H](OC(C)=O)C1=C(C)C(=O)O[C@@]13C1=C4[C@](O)(C[C@H]32)[C@H]2C[C@H]2[C@]4(C)CC(=O)/C1=C(/C)C(=O)OC. The molecule has 5 saturated carbocycles. The Morgan fingerprint density at radius 2 is 1.80 bits per heavy atom. The van der Waals surface area contributed by atoms with E-state index in [1.807, 2.05) is 6.92 Å². The Kier molecular flexibility index (Phi) is 4.47. The molecule has 5 fully saturated rings. The van der Waals surface area contributed by atoms with E-state index in [2.05, 4.69) is 13.5 Å². The van der Waals surface area contributed by atoms with Crippen molar-refractivity contribution in [2.45, 2.75) is 77.6 Å². The zero-order valence-corrected chi connectivity index (χ0v) is 24.4. The van der Waals surface area contributed by atoms with Crippen LogP contribution in [0.5, 0.6) is 0 Å². The fourth-order valence-corrected chi connectivity index (χ4v) is 11.4. The summed E-state index contributed by atoms with van der Waals surface area (Å²) < 4.78 is 17.8. The van der Waals surface area contributed by atoms with Crippen molar-refractivity contribution in [3.05, 3.63) is 45.6 Å². The first-order valence-corrected chi connectivity index (χ1v) is 14.8. The largest absolute Gasteiger partial charge is 0.466 e. The second-order valence-electron chi connectivity index (χ2n) is 14.4. The smallest absolute Gasteiger partial charge is 0.335 e. The van der Waals surface area contributed by atoms with Crippen LogP contribution in [0.25, 0.3) is 0 Å². The molecule has 11 atom stereocenters. The van der Waals surface area contributed by atoms with Gasteiger partial charge in [0, 0.05) is 58.5 Å². The summed E-state index contributed by atoms with van der Waals surface area (Å²) >= 11 is 0. The molecule has 1 N–H and O–H groups in total. The predicted octanol–water partition coefficient (Wildman–Crippen LogP) is 3.54. The number of Topliss-reactive ketones (excluding diaryl/α,β-unsaturated/α-hetero) is 1. The maximum absolute atomic E-state index is 14.2. The monoisotopic (exact) mass is 560 g/mol. The van der Waals surface area contributed by atoms with E-state index >= 15 is 0 Å². The molecule has 8 nitrogen and oxygen atoms in total. The number of methoxy groups -OCH3 is 1. The average molecular weight is 561 g/mol. The third kappa shape index (κ3) is 2.52. The highest BCUT2D eigenvalue weighted by Crippen LogP contribution is 2.83. The number of carbonyl (C=O) groups excluding carboxylic acids is 4. The van der Waals surface area contributed by atoms with Crippen LogP contribution in [0.4, 0.5) is 0 Å². The molecule has 1 aliphatic heterocycles. The zero-order chi connectivity index (χ0) is 29.3. The van der Waals surface area contributed by atoms with Crippen LogP contribution in [-0.2, 0) is 33.4 Å². The van der Waals surface area contributed by atoms with E-state index in [-0.39, 0.29) is 52.9 Å². The Morgan fingerprint density at radius 1 is 1.10 bits per heavy atom. The van der Waals surface area contributed by atoms with E-state index in [0.717, 1.165) is 24.0 Å². The van der Waals surface area contributed by atoms with Gasteiger partial charge in [0.25, 0.3) is 0 Å². The standard InChI is InChI=1S/C33H36O8/c1-12-16-8-17(16)31(6)21-11-32(38)19-9-18(19)30(5)10-20(35)22(13(2)28(36)39-7)25(27(30)32)33(21)24(14(3)29(37)41-33)26(23(12)31)40-15(4)34/h16-19,21,23,26,38H,1,8-11H2,2-7H3/b22-13+/t16-,17-,18-,19+,21+,23-,26-,30+,31-,32+,33-/m1/s1. The molecule has 216 valence electrons. The molecule has 8 heteroatoms. The molecule has 0 radical (unpaired) electrons. The van der Waals surface area contributed by atoms with Crippen molar-refractivity contribution < 1.29 is 38.5 Å². The molecule has 1 spiro atoms. The number of esters is 3. The van der Waals surface area contributed by atoms with E-state index in [4.69, 9.17) is 14.2 Å². The van der Waals surface area contributed by atoms with Gasteiger partial charge in [0.2, 0.25) is 0 Å². The van der Waals surface area contributed by atoms with Gasteiger partial charge in [0.05, 0.1) is 12.7 Å². The molecule has 0 unspecified atom stereocenters. The summed E-state index contributed by atoms with van der Waals surface area (Å²) in [5.41, 5.74) is -0.387. The lowest BCUT2D eigenvalue weighted by molar-refractivity contribution is -0.182. The van der Waals surface area contributed by atoms with Gasteiger partial charge in [-0.05, 0) is 67.8 Å². The average Bonchev–Trinajstić information content (AvgIpc) is 3.80. The Bertz CT molecular complexity index is 1560. The molecule has 0 saturated heterocycles. The van der Waals surface area contributed by atoms with Crippen molar-refractivity contribution in [1.29, 1.82) is 0 Å². The number of carbonyl (C=O) groups is 4. The van der Waals surface area contributed by atoms with E-state index in [0.29, 0.717) is 23.1 Å². The van der Waals surface area contributed by atoms with Gasteiger partial charge in [-0.15, -0.1) is 0 Å².